The van der Waals surface area contributed by atoms with Crippen LogP contribution in [0.25, 0.3) is 0 Å². The van der Waals surface area contributed by atoms with Gasteiger partial charge in [-0.15, -0.1) is 24.0 Å². The molecule has 9 heteroatoms. The highest BCUT2D eigenvalue weighted by Gasteiger charge is 2.58. The van der Waals surface area contributed by atoms with Crippen LogP contribution in [0.3, 0.4) is 0 Å². The Morgan fingerprint density at radius 3 is 2.52 bits per heavy atom. The van der Waals surface area contributed by atoms with E-state index in [0.29, 0.717) is 25.6 Å². The van der Waals surface area contributed by atoms with Crippen LogP contribution in [0.4, 0.5) is 0 Å². The molecule has 8 nitrogen and oxygen atoms in total. The molecule has 1 aliphatic heterocycles. The second kappa shape index (κ2) is 9.73. The monoisotopic (exact) mass is 512 g/mol. The van der Waals surface area contributed by atoms with Gasteiger partial charge in [-0.2, -0.15) is 0 Å². The Hall–Kier alpha value is -1.91. The fraction of sp³-hybridized carbons (Fsp3) is 0.600. The van der Waals surface area contributed by atoms with E-state index in [2.05, 4.69) is 32.8 Å². The van der Waals surface area contributed by atoms with Crippen molar-refractivity contribution in [1.82, 2.24) is 25.1 Å². The normalized spacial score (nSPS) is 27.3. The van der Waals surface area contributed by atoms with Crippen molar-refractivity contribution in [2.24, 2.45) is 28.7 Å². The van der Waals surface area contributed by atoms with E-state index in [1.807, 2.05) is 17.7 Å². The molecular weight excluding hydrogens is 483 g/mol. The molecule has 0 aromatic carbocycles. The third-order valence-corrected chi connectivity index (χ3v) is 5.94. The standard InChI is InChI=1S/C20H28N6O2.HI/c1-2-22-20(23-6-3-9-25-10-7-21-13-25)24-8-11-26-18(27)16-14-4-5-15(12-14)17(16)19(26)28;/h4-5,7,10,13-17H,2-3,6,8-9,11-12H2,1H3,(H2,22,23,24);1H. The van der Waals surface area contributed by atoms with E-state index >= 15 is 0 Å². The van der Waals surface area contributed by atoms with Gasteiger partial charge in [-0.25, -0.2) is 4.98 Å². The minimum Gasteiger partial charge on any atom is -0.357 e. The summed E-state index contributed by atoms with van der Waals surface area (Å²) in [6.45, 7) is 5.23. The van der Waals surface area contributed by atoms with E-state index in [1.54, 1.807) is 12.5 Å². The second-order valence-electron chi connectivity index (χ2n) is 7.67. The van der Waals surface area contributed by atoms with Gasteiger partial charge >= 0.3 is 0 Å². The molecule has 2 fully saturated rings. The van der Waals surface area contributed by atoms with Crippen LogP contribution >= 0.6 is 24.0 Å². The molecule has 4 atom stereocenters. The summed E-state index contributed by atoms with van der Waals surface area (Å²) < 4.78 is 2.03. The average Bonchev–Trinajstić information content (AvgIpc) is 3.46. The first kappa shape index (κ1) is 21.8. The van der Waals surface area contributed by atoms with Crippen LogP contribution < -0.4 is 10.6 Å². The van der Waals surface area contributed by atoms with Gasteiger partial charge in [0.2, 0.25) is 11.8 Å². The molecule has 1 saturated heterocycles. The second-order valence-corrected chi connectivity index (χ2v) is 7.67. The van der Waals surface area contributed by atoms with Gasteiger partial charge in [0.05, 0.1) is 18.2 Å². The van der Waals surface area contributed by atoms with Crippen LogP contribution in [-0.4, -0.2) is 58.4 Å². The SMILES string of the molecule is CCNC(=NCCCn1ccnc1)NCCN1C(=O)C2C3C=CC(C3)C2C1=O.I. The van der Waals surface area contributed by atoms with Crippen molar-refractivity contribution < 1.29 is 9.59 Å². The Balaban J connectivity index is 0.00000240. The predicted molar refractivity (Wildman–Crippen MR) is 121 cm³/mol. The van der Waals surface area contributed by atoms with Crippen LogP contribution in [0.15, 0.2) is 35.9 Å². The quantitative estimate of drug-likeness (QED) is 0.137. The van der Waals surface area contributed by atoms with Crippen molar-refractivity contribution >= 4 is 41.8 Å². The Morgan fingerprint density at radius 1 is 1.17 bits per heavy atom. The fourth-order valence-corrected chi connectivity index (χ4v) is 4.68. The molecule has 2 heterocycles. The number of likely N-dealkylation sites (tertiary alicyclic amines) is 1. The third-order valence-electron chi connectivity index (χ3n) is 5.94. The predicted octanol–water partition coefficient (Wildman–Crippen LogP) is 1.25. The Bertz CT molecular complexity index is 748. The molecule has 0 radical (unpaired) electrons. The highest BCUT2D eigenvalue weighted by atomic mass is 127. The molecule has 2 bridgehead atoms. The number of rotatable bonds is 8. The lowest BCUT2D eigenvalue weighted by molar-refractivity contribution is -0.140. The number of hydrogen-bond acceptors (Lipinski definition) is 4. The number of amides is 2. The number of carbonyl (C=O) groups excluding carboxylic acids is 2. The number of aliphatic imine (C=N–C) groups is 1. The van der Waals surface area contributed by atoms with Crippen LogP contribution in [0, 0.1) is 23.7 Å². The van der Waals surface area contributed by atoms with Gasteiger partial charge in [0.25, 0.3) is 0 Å². The highest BCUT2D eigenvalue weighted by Crippen LogP contribution is 2.52. The van der Waals surface area contributed by atoms with Crippen LogP contribution in [-0.2, 0) is 16.1 Å². The summed E-state index contributed by atoms with van der Waals surface area (Å²) in [7, 11) is 0. The molecule has 3 aliphatic rings. The number of allylic oxidation sites excluding steroid dienone is 2. The third kappa shape index (κ3) is 4.49. The van der Waals surface area contributed by atoms with E-state index in [4.69, 9.17) is 0 Å². The molecule has 1 aromatic rings. The topological polar surface area (TPSA) is 91.6 Å². The maximum Gasteiger partial charge on any atom is 0.233 e. The largest absolute Gasteiger partial charge is 0.357 e. The van der Waals surface area contributed by atoms with Gasteiger partial charge in [-0.1, -0.05) is 12.2 Å². The van der Waals surface area contributed by atoms with Crippen molar-refractivity contribution in [2.75, 3.05) is 26.2 Å². The summed E-state index contributed by atoms with van der Waals surface area (Å²) >= 11 is 0. The molecule has 2 N–H and O–H groups in total. The van der Waals surface area contributed by atoms with Gasteiger partial charge in [-0.3, -0.25) is 19.5 Å². The number of carbonyl (C=O) groups is 2. The zero-order chi connectivity index (χ0) is 19.5. The molecule has 29 heavy (non-hydrogen) atoms. The van der Waals surface area contributed by atoms with E-state index in [-0.39, 0.29) is 59.5 Å². The first-order valence-electron chi connectivity index (χ1n) is 10.2. The van der Waals surface area contributed by atoms with Crippen LogP contribution in [0.2, 0.25) is 0 Å². The minimum absolute atomic E-state index is 0. The van der Waals surface area contributed by atoms with E-state index < -0.39 is 0 Å². The number of aryl methyl sites for hydroxylation is 1. The lowest BCUT2D eigenvalue weighted by Gasteiger charge is -2.18. The van der Waals surface area contributed by atoms with E-state index in [1.165, 1.54) is 4.90 Å². The van der Waals surface area contributed by atoms with Crippen molar-refractivity contribution in [2.45, 2.75) is 26.3 Å². The van der Waals surface area contributed by atoms with Crippen molar-refractivity contribution in [3.63, 3.8) is 0 Å². The first-order valence-corrected chi connectivity index (χ1v) is 10.2. The lowest BCUT2D eigenvalue weighted by atomic mass is 9.85. The van der Waals surface area contributed by atoms with Gasteiger partial charge in [0.15, 0.2) is 5.96 Å². The number of guanidine groups is 1. The van der Waals surface area contributed by atoms with Gasteiger partial charge < -0.3 is 15.2 Å². The number of imidazole rings is 1. The first-order chi connectivity index (χ1) is 13.7. The molecule has 4 rings (SSSR count). The summed E-state index contributed by atoms with van der Waals surface area (Å²) in [5, 5.41) is 6.45. The molecular formula is C20H29IN6O2. The Kier molecular flexibility index (Phi) is 7.31. The van der Waals surface area contributed by atoms with Crippen molar-refractivity contribution in [3.05, 3.63) is 30.9 Å². The van der Waals surface area contributed by atoms with Gasteiger partial charge in [0, 0.05) is 45.1 Å². The summed E-state index contributed by atoms with van der Waals surface area (Å²) in [6, 6.07) is 0. The maximum absolute atomic E-state index is 12.7. The zero-order valence-corrected chi connectivity index (χ0v) is 19.0. The van der Waals surface area contributed by atoms with Crippen molar-refractivity contribution in [3.8, 4) is 0 Å². The number of nitrogens with zero attached hydrogens (tertiary/aromatic N) is 4. The maximum atomic E-state index is 12.7. The lowest BCUT2D eigenvalue weighted by Crippen LogP contribution is -2.43. The molecule has 1 saturated carbocycles. The average molecular weight is 512 g/mol. The summed E-state index contributed by atoms with van der Waals surface area (Å²) in [6.07, 6.45) is 11.6. The molecule has 4 unspecified atom stereocenters. The van der Waals surface area contributed by atoms with Crippen LogP contribution in [0.5, 0.6) is 0 Å². The molecule has 2 amide bonds. The summed E-state index contributed by atoms with van der Waals surface area (Å²) in [5.41, 5.74) is 0. The number of aromatic nitrogens is 2. The number of imide groups is 1. The fourth-order valence-electron chi connectivity index (χ4n) is 4.68. The zero-order valence-electron chi connectivity index (χ0n) is 16.7. The van der Waals surface area contributed by atoms with E-state index in [9.17, 15) is 9.59 Å². The van der Waals surface area contributed by atoms with Gasteiger partial charge in [0.1, 0.15) is 0 Å². The number of nitrogens with one attached hydrogen (secondary N) is 2. The summed E-state index contributed by atoms with van der Waals surface area (Å²) in [5.74, 6) is 1.03. The van der Waals surface area contributed by atoms with E-state index in [0.717, 1.165) is 25.9 Å². The Morgan fingerprint density at radius 2 is 1.90 bits per heavy atom. The molecule has 0 spiro atoms. The number of hydrogen-bond donors (Lipinski definition) is 2. The highest BCUT2D eigenvalue weighted by molar-refractivity contribution is 14.0. The van der Waals surface area contributed by atoms with Crippen molar-refractivity contribution in [1.29, 1.82) is 0 Å². The smallest absolute Gasteiger partial charge is 0.233 e. The van der Waals surface area contributed by atoms with Gasteiger partial charge in [-0.05, 0) is 31.6 Å². The molecule has 1 aromatic heterocycles. The number of fused-ring (bicyclic) bond motifs is 5. The molecule has 158 valence electrons. The minimum atomic E-state index is -0.118. The number of halogens is 1. The molecule has 2 aliphatic carbocycles. The summed E-state index contributed by atoms with van der Waals surface area (Å²) in [4.78, 5) is 35.5. The Labute approximate surface area is 188 Å². The van der Waals surface area contributed by atoms with Crippen LogP contribution in [0.1, 0.15) is 19.8 Å².